The third-order valence-electron chi connectivity index (χ3n) is 3.64. The third kappa shape index (κ3) is 3.60. The van der Waals surface area contributed by atoms with Gasteiger partial charge in [-0.3, -0.25) is 4.72 Å². The second-order valence-corrected chi connectivity index (χ2v) is 7.57. The van der Waals surface area contributed by atoms with Crippen LogP contribution in [0.1, 0.15) is 16.7 Å². The SMILES string of the molecule is COc1cc(S(=O)(=O)Nc2c(C)cc(C)cc2C)c(OC)cc1Cl. The molecule has 0 saturated heterocycles. The smallest absolute Gasteiger partial charge is 0.265 e. The highest BCUT2D eigenvalue weighted by Gasteiger charge is 2.23. The number of hydrogen-bond donors (Lipinski definition) is 1. The van der Waals surface area contributed by atoms with Gasteiger partial charge in [-0.25, -0.2) is 8.42 Å². The maximum atomic E-state index is 12.9. The highest BCUT2D eigenvalue weighted by Crippen LogP contribution is 2.36. The molecule has 7 heteroatoms. The van der Waals surface area contributed by atoms with E-state index in [1.807, 2.05) is 32.9 Å². The second-order valence-electron chi connectivity index (χ2n) is 5.52. The molecular weight excluding hydrogens is 350 g/mol. The number of rotatable bonds is 5. The molecule has 0 atom stereocenters. The topological polar surface area (TPSA) is 64.6 Å². The molecule has 5 nitrogen and oxygen atoms in total. The molecule has 0 aromatic heterocycles. The Hall–Kier alpha value is -1.92. The first-order valence-electron chi connectivity index (χ1n) is 7.21. The quantitative estimate of drug-likeness (QED) is 0.862. The molecule has 0 bridgehead atoms. The molecule has 0 aliphatic rings. The van der Waals surface area contributed by atoms with Gasteiger partial charge in [-0.1, -0.05) is 29.3 Å². The normalized spacial score (nSPS) is 11.2. The highest BCUT2D eigenvalue weighted by atomic mass is 35.5. The van der Waals surface area contributed by atoms with Gasteiger partial charge >= 0.3 is 0 Å². The number of benzene rings is 2. The van der Waals surface area contributed by atoms with Gasteiger partial charge in [-0.2, -0.15) is 0 Å². The lowest BCUT2D eigenvalue weighted by molar-refractivity contribution is 0.392. The largest absolute Gasteiger partial charge is 0.495 e. The Bertz CT molecular complexity index is 855. The summed E-state index contributed by atoms with van der Waals surface area (Å²) < 4.78 is 38.6. The summed E-state index contributed by atoms with van der Waals surface area (Å²) in [6, 6.07) is 6.61. The third-order valence-corrected chi connectivity index (χ3v) is 5.31. The average molecular weight is 370 g/mol. The molecule has 0 radical (unpaired) electrons. The number of aryl methyl sites for hydroxylation is 3. The molecule has 24 heavy (non-hydrogen) atoms. The molecule has 1 N–H and O–H groups in total. The number of halogens is 1. The van der Waals surface area contributed by atoms with Crippen LogP contribution in [0.3, 0.4) is 0 Å². The van der Waals surface area contributed by atoms with E-state index < -0.39 is 10.0 Å². The molecule has 0 unspecified atom stereocenters. The van der Waals surface area contributed by atoms with E-state index in [9.17, 15) is 8.42 Å². The van der Waals surface area contributed by atoms with Gasteiger partial charge in [0.25, 0.3) is 10.0 Å². The first-order valence-corrected chi connectivity index (χ1v) is 9.08. The minimum atomic E-state index is -3.88. The lowest BCUT2D eigenvalue weighted by Crippen LogP contribution is -2.16. The lowest BCUT2D eigenvalue weighted by Gasteiger charge is -2.17. The van der Waals surface area contributed by atoms with Crippen LogP contribution in [0.15, 0.2) is 29.2 Å². The van der Waals surface area contributed by atoms with Gasteiger partial charge in [0.1, 0.15) is 16.4 Å². The predicted octanol–water partition coefficient (Wildman–Crippen LogP) is 4.08. The summed E-state index contributed by atoms with van der Waals surface area (Å²) in [5.74, 6) is 0.408. The van der Waals surface area contributed by atoms with Crippen molar-refractivity contribution in [3.8, 4) is 11.5 Å². The number of nitrogens with one attached hydrogen (secondary N) is 1. The van der Waals surface area contributed by atoms with Crippen LogP contribution >= 0.6 is 11.6 Å². The number of anilines is 1. The van der Waals surface area contributed by atoms with Crippen LogP contribution in [-0.2, 0) is 10.0 Å². The minimum absolute atomic E-state index is 0.0365. The molecule has 0 spiro atoms. The minimum Gasteiger partial charge on any atom is -0.495 e. The van der Waals surface area contributed by atoms with Crippen molar-refractivity contribution < 1.29 is 17.9 Å². The van der Waals surface area contributed by atoms with Crippen molar-refractivity contribution in [2.24, 2.45) is 0 Å². The first-order chi connectivity index (χ1) is 11.2. The molecule has 130 valence electrons. The molecule has 2 rings (SSSR count). The summed E-state index contributed by atoms with van der Waals surface area (Å²) in [5.41, 5.74) is 3.31. The maximum absolute atomic E-state index is 12.9. The molecule has 2 aromatic rings. The fourth-order valence-corrected chi connectivity index (χ4v) is 4.17. The van der Waals surface area contributed by atoms with Gasteiger partial charge in [0.2, 0.25) is 0 Å². The zero-order chi connectivity index (χ0) is 18.1. The van der Waals surface area contributed by atoms with Crippen LogP contribution in [0.2, 0.25) is 5.02 Å². The molecule has 0 aliphatic carbocycles. The molecule has 2 aromatic carbocycles. The van der Waals surface area contributed by atoms with E-state index in [0.29, 0.717) is 5.69 Å². The van der Waals surface area contributed by atoms with Gasteiger partial charge in [0.15, 0.2) is 0 Å². The van der Waals surface area contributed by atoms with Crippen molar-refractivity contribution in [2.45, 2.75) is 25.7 Å². The average Bonchev–Trinajstić information content (AvgIpc) is 2.50. The summed E-state index contributed by atoms with van der Waals surface area (Å²) in [6.45, 7) is 5.68. The molecule has 0 fully saturated rings. The van der Waals surface area contributed by atoms with E-state index >= 15 is 0 Å². The van der Waals surface area contributed by atoms with Crippen molar-refractivity contribution >= 4 is 27.3 Å². The van der Waals surface area contributed by atoms with E-state index in [4.69, 9.17) is 21.1 Å². The predicted molar refractivity (Wildman–Crippen MR) is 96.0 cm³/mol. The second kappa shape index (κ2) is 6.91. The Balaban J connectivity index is 2.56. The monoisotopic (exact) mass is 369 g/mol. The summed E-state index contributed by atoms with van der Waals surface area (Å²) in [7, 11) is -1.07. The molecule has 0 heterocycles. The van der Waals surface area contributed by atoms with E-state index in [0.717, 1.165) is 16.7 Å². The van der Waals surface area contributed by atoms with Crippen LogP contribution in [0.25, 0.3) is 0 Å². The molecule has 0 saturated carbocycles. The van der Waals surface area contributed by atoms with Gasteiger partial charge in [0, 0.05) is 12.1 Å². The molecule has 0 amide bonds. The van der Waals surface area contributed by atoms with Gasteiger partial charge in [0.05, 0.1) is 24.9 Å². The Morgan fingerprint density at radius 3 is 1.96 bits per heavy atom. The number of sulfonamides is 1. The Morgan fingerprint density at radius 2 is 1.46 bits per heavy atom. The van der Waals surface area contributed by atoms with Gasteiger partial charge in [-0.15, -0.1) is 0 Å². The van der Waals surface area contributed by atoms with Crippen molar-refractivity contribution in [1.29, 1.82) is 0 Å². The van der Waals surface area contributed by atoms with Crippen LogP contribution in [0.4, 0.5) is 5.69 Å². The Morgan fingerprint density at radius 1 is 0.917 bits per heavy atom. The van der Waals surface area contributed by atoms with Crippen molar-refractivity contribution in [2.75, 3.05) is 18.9 Å². The van der Waals surface area contributed by atoms with E-state index in [1.165, 1.54) is 26.4 Å². The Labute approximate surface area is 147 Å². The molecular formula is C17H20ClNO4S. The van der Waals surface area contributed by atoms with Crippen LogP contribution in [0.5, 0.6) is 11.5 Å². The Kier molecular flexibility index (Phi) is 5.30. The van der Waals surface area contributed by atoms with Crippen molar-refractivity contribution in [3.05, 3.63) is 46.0 Å². The van der Waals surface area contributed by atoms with Crippen molar-refractivity contribution in [1.82, 2.24) is 0 Å². The summed E-state index contributed by atoms with van der Waals surface area (Å²) >= 11 is 6.04. The van der Waals surface area contributed by atoms with Gasteiger partial charge in [-0.05, 0) is 31.9 Å². The number of methoxy groups -OCH3 is 2. The fraction of sp³-hybridized carbons (Fsp3) is 0.294. The van der Waals surface area contributed by atoms with Crippen LogP contribution in [0, 0.1) is 20.8 Å². The van der Waals surface area contributed by atoms with E-state index in [1.54, 1.807) is 0 Å². The van der Waals surface area contributed by atoms with Crippen LogP contribution < -0.4 is 14.2 Å². The van der Waals surface area contributed by atoms with Crippen molar-refractivity contribution in [3.63, 3.8) is 0 Å². The maximum Gasteiger partial charge on any atom is 0.265 e. The summed E-state index contributed by atoms with van der Waals surface area (Å²) in [5, 5.41) is 0.274. The standard InChI is InChI=1S/C17H20ClNO4S/c1-10-6-11(2)17(12(3)7-10)19-24(20,21)16-9-14(22-4)13(18)8-15(16)23-5/h6-9,19H,1-5H3. The van der Waals surface area contributed by atoms with Crippen LogP contribution in [-0.4, -0.2) is 22.6 Å². The highest BCUT2D eigenvalue weighted by molar-refractivity contribution is 7.92. The van der Waals surface area contributed by atoms with E-state index in [2.05, 4.69) is 4.72 Å². The zero-order valence-electron chi connectivity index (χ0n) is 14.2. The first kappa shape index (κ1) is 18.4. The zero-order valence-corrected chi connectivity index (χ0v) is 15.8. The number of hydrogen-bond acceptors (Lipinski definition) is 4. The van der Waals surface area contributed by atoms with Gasteiger partial charge < -0.3 is 9.47 Å². The summed E-state index contributed by atoms with van der Waals surface area (Å²) in [4.78, 5) is -0.0365. The lowest BCUT2D eigenvalue weighted by atomic mass is 10.1. The summed E-state index contributed by atoms with van der Waals surface area (Å²) in [6.07, 6.45) is 0. The fourth-order valence-electron chi connectivity index (χ4n) is 2.57. The van der Waals surface area contributed by atoms with E-state index in [-0.39, 0.29) is 21.4 Å². The molecule has 0 aliphatic heterocycles. The number of ether oxygens (including phenoxy) is 2.